The van der Waals surface area contributed by atoms with Crippen LogP contribution in [-0.4, -0.2) is 150 Å². The van der Waals surface area contributed by atoms with E-state index in [1.807, 2.05) is 0 Å². The molecule has 2 heterocycles. The summed E-state index contributed by atoms with van der Waals surface area (Å²) in [6.45, 7) is 4.67. The summed E-state index contributed by atoms with van der Waals surface area (Å²) in [7, 11) is 0. The van der Waals surface area contributed by atoms with Crippen molar-refractivity contribution < 1.29 is 72.5 Å². The van der Waals surface area contributed by atoms with E-state index in [2.05, 4.69) is 26.6 Å². The molecule has 7 atom stereocenters. The summed E-state index contributed by atoms with van der Waals surface area (Å²) in [4.78, 5) is 148. The topological polar surface area (TPSA) is 335 Å². The Labute approximate surface area is 373 Å². The lowest BCUT2D eigenvalue weighted by molar-refractivity contribution is -0.693. The monoisotopic (exact) mass is 928 g/mol. The molecule has 352 valence electrons. The van der Waals surface area contributed by atoms with Crippen LogP contribution in [0.1, 0.15) is 105 Å². The van der Waals surface area contributed by atoms with Crippen LogP contribution in [0.15, 0.2) is 0 Å². The van der Waals surface area contributed by atoms with Gasteiger partial charge in [-0.1, -0.05) is 46.5 Å². The van der Waals surface area contributed by atoms with E-state index in [1.165, 1.54) is 13.8 Å². The van der Waals surface area contributed by atoms with E-state index in [1.54, 1.807) is 30.4 Å². The van der Waals surface area contributed by atoms with Crippen LogP contribution >= 0.6 is 23.5 Å². The molecule has 23 heteroatoms. The van der Waals surface area contributed by atoms with Crippen LogP contribution in [0.25, 0.3) is 0 Å². The molecule has 1 spiro atoms. The van der Waals surface area contributed by atoms with Crippen molar-refractivity contribution in [3.63, 3.8) is 0 Å². The SMILES string of the molecule is CCCC(N)C(=O)C(=O)[N+](CC(=O)O)(C(=O)C(NC(=O)[C@@H](NC(=O)[C@H](CCC(=O)O)NC(=O)[C@H](CCC(=O)O)NC(C)=O)C(C)C)C1CCCCC1)C(=O)[C@@H]1CC2(CN1)SCCS2. The number of aliphatic carboxylic acids is 3. The van der Waals surface area contributed by atoms with Crippen LogP contribution in [0.5, 0.6) is 0 Å². The fourth-order valence-electron chi connectivity index (χ4n) is 8.13. The molecular weight excluding hydrogens is 867 g/mol. The van der Waals surface area contributed by atoms with Crippen LogP contribution in [0.3, 0.4) is 0 Å². The number of nitrogens with one attached hydrogen (secondary N) is 5. The van der Waals surface area contributed by atoms with Gasteiger partial charge < -0.3 is 47.6 Å². The number of hydrogen-bond acceptors (Lipinski definition) is 15. The van der Waals surface area contributed by atoms with Crippen LogP contribution in [0.4, 0.5) is 0 Å². The van der Waals surface area contributed by atoms with Crippen LogP contribution in [-0.2, 0) is 52.7 Å². The Hall–Kier alpha value is -4.45. The average molecular weight is 929 g/mol. The second-order valence-corrected chi connectivity index (χ2v) is 19.9. The van der Waals surface area contributed by atoms with Gasteiger partial charge in [0.15, 0.2) is 6.54 Å². The van der Waals surface area contributed by atoms with Gasteiger partial charge in [-0.05, 0) is 43.9 Å². The first kappa shape index (κ1) is 52.9. The average Bonchev–Trinajstić information content (AvgIpc) is 3.88. The summed E-state index contributed by atoms with van der Waals surface area (Å²) in [5.41, 5.74) is 6.10. The third-order valence-electron chi connectivity index (χ3n) is 11.4. The van der Waals surface area contributed by atoms with Crippen LogP contribution in [0.2, 0.25) is 0 Å². The number of quaternary nitrogens is 1. The van der Waals surface area contributed by atoms with E-state index in [-0.39, 0.29) is 19.3 Å². The number of nitrogens with zero attached hydrogens (tertiary/aromatic N) is 1. The van der Waals surface area contributed by atoms with Crippen molar-refractivity contribution in [3.8, 4) is 0 Å². The first-order valence-corrected chi connectivity index (χ1v) is 23.2. The zero-order valence-corrected chi connectivity index (χ0v) is 37.7. The molecule has 3 fully saturated rings. The zero-order valence-electron chi connectivity index (χ0n) is 36.1. The summed E-state index contributed by atoms with van der Waals surface area (Å²) in [6, 6.07) is -9.03. The Morgan fingerprint density at radius 3 is 1.83 bits per heavy atom. The van der Waals surface area contributed by atoms with Gasteiger partial charge in [0.2, 0.25) is 23.6 Å². The minimum absolute atomic E-state index is 0.0131. The minimum atomic E-state index is -2.09. The predicted octanol–water partition coefficient (Wildman–Crippen LogP) is -0.373. The third kappa shape index (κ3) is 14.3. The zero-order chi connectivity index (χ0) is 47.2. The second-order valence-electron chi connectivity index (χ2n) is 16.6. The Balaban J connectivity index is 2.09. The van der Waals surface area contributed by atoms with Crippen molar-refractivity contribution in [2.75, 3.05) is 24.6 Å². The number of carbonyl (C=O) groups is 11. The maximum atomic E-state index is 15.4. The van der Waals surface area contributed by atoms with E-state index in [9.17, 15) is 58.2 Å². The van der Waals surface area contributed by atoms with Gasteiger partial charge in [-0.2, -0.15) is 0 Å². The van der Waals surface area contributed by atoms with Gasteiger partial charge in [0, 0.05) is 44.2 Å². The molecule has 3 unspecified atom stereocenters. The third-order valence-corrected chi connectivity index (χ3v) is 14.9. The molecular formula is C40H62N7O14S2+. The molecule has 0 radical (unpaired) electrons. The van der Waals surface area contributed by atoms with Crippen LogP contribution < -0.4 is 32.3 Å². The molecule has 2 aliphatic heterocycles. The van der Waals surface area contributed by atoms with Crippen molar-refractivity contribution in [1.29, 1.82) is 0 Å². The van der Waals surface area contributed by atoms with Crippen molar-refractivity contribution in [2.24, 2.45) is 17.6 Å². The van der Waals surface area contributed by atoms with Gasteiger partial charge in [0.1, 0.15) is 30.2 Å². The van der Waals surface area contributed by atoms with Gasteiger partial charge >= 0.3 is 35.6 Å². The summed E-state index contributed by atoms with van der Waals surface area (Å²) in [6.07, 6.45) is 0.850. The molecule has 0 aromatic carbocycles. The van der Waals surface area contributed by atoms with Crippen molar-refractivity contribution in [1.82, 2.24) is 26.6 Å². The quantitative estimate of drug-likeness (QED) is 0.0466. The first-order chi connectivity index (χ1) is 29.6. The summed E-state index contributed by atoms with van der Waals surface area (Å²) < 4.78 is -2.59. The molecule has 0 bridgehead atoms. The molecule has 1 aliphatic carbocycles. The molecule has 21 nitrogen and oxygen atoms in total. The number of amides is 7. The normalized spacial score (nSPS) is 20.6. The van der Waals surface area contributed by atoms with Crippen molar-refractivity contribution in [3.05, 3.63) is 0 Å². The molecule has 63 heavy (non-hydrogen) atoms. The highest BCUT2D eigenvalue weighted by Crippen LogP contribution is 2.49. The molecule has 1 saturated carbocycles. The number of carboxylic acids is 3. The highest BCUT2D eigenvalue weighted by Gasteiger charge is 2.63. The first-order valence-electron chi connectivity index (χ1n) is 21.2. The molecule has 0 aromatic heterocycles. The number of hydrogen-bond donors (Lipinski definition) is 9. The largest absolute Gasteiger partial charge is 0.481 e. The number of rotatable bonds is 23. The van der Waals surface area contributed by atoms with E-state index in [4.69, 9.17) is 10.8 Å². The standard InChI is InChI=1S/C40H61N7O14S2/c1-5-9-24(41)33(55)39(61)47(19-30(53)54,37(59)27-18-40(20-42-27)62-16-17-63-40)38(60)32(23-10-7-6-8-11-23)46-36(58)31(21(2)3)45-35(57)26(13-15-29(51)52)44-34(56)25(43-22(4)48)12-14-28(49)50/h21,23-27,31-32,42H,5-20,41H2,1-4H3,(H6-,43,44,45,46,48,49,50,51,52,53,54,56,57,58)/p+1/t24?,25-,26-,27-,31-,32?,47?/m0/s1. The van der Waals surface area contributed by atoms with Crippen molar-refractivity contribution in [2.45, 2.75) is 145 Å². The number of nitrogens with two attached hydrogens (primary N) is 1. The van der Waals surface area contributed by atoms with Gasteiger partial charge in [-0.15, -0.1) is 28.0 Å². The molecule has 3 aliphatic rings. The number of Topliss-reactive ketones (excluding diaryl/α,β-unsaturated/α-hetero) is 1. The number of thioether (sulfide) groups is 2. The lowest BCUT2D eigenvalue weighted by Crippen LogP contribution is -2.74. The number of imide groups is 3. The highest BCUT2D eigenvalue weighted by molar-refractivity contribution is 8.21. The maximum Gasteiger partial charge on any atom is 0.398 e. The number of ketones is 1. The molecule has 2 saturated heterocycles. The smallest absolute Gasteiger partial charge is 0.398 e. The van der Waals surface area contributed by atoms with Gasteiger partial charge in [-0.25, -0.2) is 19.2 Å². The predicted molar refractivity (Wildman–Crippen MR) is 228 cm³/mol. The van der Waals surface area contributed by atoms with Crippen LogP contribution in [0, 0.1) is 11.8 Å². The second kappa shape index (κ2) is 24.0. The summed E-state index contributed by atoms with van der Waals surface area (Å²) in [5.74, 6) is -13.6. The highest BCUT2D eigenvalue weighted by atomic mass is 32.2. The lowest BCUT2D eigenvalue weighted by Gasteiger charge is -2.38. The van der Waals surface area contributed by atoms with Gasteiger partial charge in [0.25, 0.3) is 5.78 Å². The van der Waals surface area contributed by atoms with Gasteiger partial charge in [-0.3, -0.25) is 33.6 Å². The maximum absolute atomic E-state index is 15.4. The fourth-order valence-corrected chi connectivity index (χ4v) is 11.3. The Morgan fingerprint density at radius 2 is 1.32 bits per heavy atom. The van der Waals surface area contributed by atoms with Gasteiger partial charge in [0.05, 0.1) is 10.1 Å². The summed E-state index contributed by atoms with van der Waals surface area (Å²) in [5, 5.41) is 41.7. The number of carbonyl (C=O) groups excluding carboxylic acids is 8. The van der Waals surface area contributed by atoms with E-state index in [0.717, 1.165) is 24.9 Å². The fraction of sp³-hybridized carbons (Fsp3) is 0.725. The van der Waals surface area contributed by atoms with E-state index < -0.39 is 147 Å². The van der Waals surface area contributed by atoms with E-state index in [0.29, 0.717) is 38.6 Å². The van der Waals surface area contributed by atoms with E-state index >= 15 is 4.79 Å². The molecule has 10 N–H and O–H groups in total. The molecule has 7 amide bonds. The van der Waals surface area contributed by atoms with Crippen molar-refractivity contribution >= 4 is 88.6 Å². The summed E-state index contributed by atoms with van der Waals surface area (Å²) >= 11 is 3.17. The number of carboxylic acid groups (broad SMARTS) is 3. The Bertz CT molecular complexity index is 1770. The minimum Gasteiger partial charge on any atom is -0.481 e. The Morgan fingerprint density at radius 1 is 0.762 bits per heavy atom. The Kier molecular flexibility index (Phi) is 20.2. The molecule has 3 rings (SSSR count). The lowest BCUT2D eigenvalue weighted by atomic mass is 9.82. The molecule has 0 aromatic rings.